The molecule has 0 atom stereocenters. The molecule has 17 heavy (non-hydrogen) atoms. The largest absolute Gasteiger partial charge is 0.357 e. The number of aryl methyl sites for hydroxylation is 2. The molecule has 0 aromatic carbocycles. The minimum atomic E-state index is 0.477. The number of anilines is 1. The molecule has 0 saturated carbocycles. The Hall–Kier alpha value is -0.700. The van der Waals surface area contributed by atoms with Crippen LogP contribution < -0.4 is 4.90 Å². The molecular formula is C13H22ClN3. The van der Waals surface area contributed by atoms with Crippen LogP contribution in [0.1, 0.15) is 37.9 Å². The molecule has 2 rings (SSSR count). The van der Waals surface area contributed by atoms with Crippen molar-refractivity contribution in [3.05, 3.63) is 11.3 Å². The van der Waals surface area contributed by atoms with Gasteiger partial charge < -0.3 is 4.90 Å². The normalized spacial score (nSPS) is 19.7. The third kappa shape index (κ3) is 2.44. The molecule has 0 bridgehead atoms. The van der Waals surface area contributed by atoms with Crippen molar-refractivity contribution >= 4 is 17.4 Å². The maximum atomic E-state index is 6.05. The summed E-state index contributed by atoms with van der Waals surface area (Å²) < 4.78 is 1.98. The van der Waals surface area contributed by atoms with Crippen molar-refractivity contribution in [2.45, 2.75) is 39.5 Å². The van der Waals surface area contributed by atoms with E-state index in [4.69, 9.17) is 11.6 Å². The molecule has 0 aliphatic carbocycles. The lowest BCUT2D eigenvalue weighted by molar-refractivity contribution is 0.278. The van der Waals surface area contributed by atoms with E-state index in [-0.39, 0.29) is 0 Å². The van der Waals surface area contributed by atoms with Crippen LogP contribution in [0, 0.1) is 12.3 Å². The molecule has 1 aromatic rings. The summed E-state index contributed by atoms with van der Waals surface area (Å²) in [6.45, 7) is 8.95. The van der Waals surface area contributed by atoms with Crippen LogP contribution in [0.2, 0.25) is 0 Å². The highest BCUT2D eigenvalue weighted by atomic mass is 35.5. The zero-order valence-electron chi connectivity index (χ0n) is 11.3. The van der Waals surface area contributed by atoms with Gasteiger partial charge in [-0.15, -0.1) is 11.6 Å². The number of rotatable bonds is 2. The van der Waals surface area contributed by atoms with Gasteiger partial charge in [-0.2, -0.15) is 5.10 Å². The van der Waals surface area contributed by atoms with Crippen LogP contribution in [0.25, 0.3) is 0 Å². The van der Waals surface area contributed by atoms with Gasteiger partial charge in [0.2, 0.25) is 0 Å². The first-order chi connectivity index (χ1) is 7.94. The summed E-state index contributed by atoms with van der Waals surface area (Å²) in [5, 5.41) is 4.48. The molecule has 0 unspecified atom stereocenters. The van der Waals surface area contributed by atoms with Gasteiger partial charge >= 0.3 is 0 Å². The fourth-order valence-electron chi connectivity index (χ4n) is 2.57. The number of halogens is 1. The number of hydrogen-bond donors (Lipinski definition) is 0. The molecular weight excluding hydrogens is 234 g/mol. The lowest BCUT2D eigenvalue weighted by atomic mass is 9.82. The maximum Gasteiger partial charge on any atom is 0.131 e. The minimum absolute atomic E-state index is 0.477. The van der Waals surface area contributed by atoms with E-state index in [1.54, 1.807) is 0 Å². The quantitative estimate of drug-likeness (QED) is 0.758. The van der Waals surface area contributed by atoms with Crippen LogP contribution in [0.15, 0.2) is 0 Å². The molecule has 1 aliphatic heterocycles. The van der Waals surface area contributed by atoms with Crippen molar-refractivity contribution in [1.82, 2.24) is 9.78 Å². The van der Waals surface area contributed by atoms with Crippen LogP contribution in [-0.2, 0) is 12.9 Å². The highest BCUT2D eigenvalue weighted by Crippen LogP contribution is 2.34. The zero-order chi connectivity index (χ0) is 12.6. The first-order valence-electron chi connectivity index (χ1n) is 6.28. The van der Waals surface area contributed by atoms with Gasteiger partial charge in [-0.1, -0.05) is 13.8 Å². The van der Waals surface area contributed by atoms with Gasteiger partial charge in [0.1, 0.15) is 5.82 Å². The van der Waals surface area contributed by atoms with Crippen molar-refractivity contribution < 1.29 is 0 Å². The second-order valence-electron chi connectivity index (χ2n) is 5.80. The Morgan fingerprint density at radius 1 is 1.29 bits per heavy atom. The Morgan fingerprint density at radius 3 is 2.41 bits per heavy atom. The molecule has 2 heterocycles. The third-order valence-corrected chi connectivity index (χ3v) is 4.13. The number of alkyl halides is 1. The predicted octanol–water partition coefficient (Wildman–Crippen LogP) is 3.09. The van der Waals surface area contributed by atoms with E-state index >= 15 is 0 Å². The van der Waals surface area contributed by atoms with Crippen molar-refractivity contribution in [2.24, 2.45) is 12.5 Å². The average Bonchev–Trinajstić information content (AvgIpc) is 2.53. The summed E-state index contributed by atoms with van der Waals surface area (Å²) in [6, 6.07) is 0. The fourth-order valence-corrected chi connectivity index (χ4v) is 2.88. The van der Waals surface area contributed by atoms with Crippen molar-refractivity contribution in [1.29, 1.82) is 0 Å². The van der Waals surface area contributed by atoms with Crippen molar-refractivity contribution in [3.8, 4) is 0 Å². The maximum absolute atomic E-state index is 6.05. The van der Waals surface area contributed by atoms with Crippen LogP contribution in [0.5, 0.6) is 0 Å². The Morgan fingerprint density at radius 2 is 1.88 bits per heavy atom. The highest BCUT2D eigenvalue weighted by Gasteiger charge is 2.28. The zero-order valence-corrected chi connectivity index (χ0v) is 12.0. The molecule has 1 saturated heterocycles. The Kier molecular flexibility index (Phi) is 3.39. The number of aromatic nitrogens is 2. The average molecular weight is 256 g/mol. The molecule has 0 spiro atoms. The van der Waals surface area contributed by atoms with Gasteiger partial charge in [-0.25, -0.2) is 0 Å². The van der Waals surface area contributed by atoms with Crippen LogP contribution in [0.4, 0.5) is 5.82 Å². The first-order valence-corrected chi connectivity index (χ1v) is 6.81. The van der Waals surface area contributed by atoms with Gasteiger partial charge in [-0.3, -0.25) is 4.68 Å². The smallest absolute Gasteiger partial charge is 0.131 e. The minimum Gasteiger partial charge on any atom is -0.357 e. The molecule has 96 valence electrons. The Labute approximate surface area is 109 Å². The van der Waals surface area contributed by atoms with E-state index in [0.717, 1.165) is 18.8 Å². The van der Waals surface area contributed by atoms with E-state index in [2.05, 4.69) is 23.8 Å². The van der Waals surface area contributed by atoms with Gasteiger partial charge in [0.15, 0.2) is 0 Å². The number of nitrogens with zero attached hydrogens (tertiary/aromatic N) is 3. The summed E-state index contributed by atoms with van der Waals surface area (Å²) in [5.41, 5.74) is 2.72. The molecule has 0 amide bonds. The van der Waals surface area contributed by atoms with Gasteiger partial charge in [0.25, 0.3) is 0 Å². The van der Waals surface area contributed by atoms with E-state index in [0.29, 0.717) is 11.3 Å². The Bertz CT molecular complexity index is 399. The summed E-state index contributed by atoms with van der Waals surface area (Å²) >= 11 is 6.05. The molecule has 0 radical (unpaired) electrons. The van der Waals surface area contributed by atoms with Crippen LogP contribution >= 0.6 is 11.6 Å². The monoisotopic (exact) mass is 255 g/mol. The predicted molar refractivity (Wildman–Crippen MR) is 72.7 cm³/mol. The second kappa shape index (κ2) is 4.52. The van der Waals surface area contributed by atoms with E-state index in [1.807, 2.05) is 18.7 Å². The molecule has 1 fully saturated rings. The third-order valence-electron chi connectivity index (χ3n) is 3.86. The van der Waals surface area contributed by atoms with Gasteiger partial charge in [0.05, 0.1) is 11.6 Å². The van der Waals surface area contributed by atoms with E-state index < -0.39 is 0 Å². The summed E-state index contributed by atoms with van der Waals surface area (Å²) in [5.74, 6) is 1.77. The fraction of sp³-hybridized carbons (Fsp3) is 0.769. The standard InChI is InChI=1S/C13H22ClN3/c1-10-11(9-14)12(16(4)15-10)17-7-5-13(2,3)6-8-17/h5-9H2,1-4H3. The van der Waals surface area contributed by atoms with Crippen molar-refractivity contribution in [3.63, 3.8) is 0 Å². The summed E-state index contributed by atoms with van der Waals surface area (Å²) in [4.78, 5) is 2.43. The summed E-state index contributed by atoms with van der Waals surface area (Å²) in [7, 11) is 2.01. The van der Waals surface area contributed by atoms with E-state index in [1.165, 1.54) is 24.2 Å². The topological polar surface area (TPSA) is 21.1 Å². The van der Waals surface area contributed by atoms with Gasteiger partial charge in [0, 0.05) is 25.7 Å². The van der Waals surface area contributed by atoms with E-state index in [9.17, 15) is 0 Å². The molecule has 4 heteroatoms. The first kappa shape index (κ1) is 12.7. The SMILES string of the molecule is Cc1nn(C)c(N2CCC(C)(C)CC2)c1CCl. The summed E-state index contributed by atoms with van der Waals surface area (Å²) in [6.07, 6.45) is 2.47. The molecule has 0 N–H and O–H groups in total. The molecule has 3 nitrogen and oxygen atoms in total. The van der Waals surface area contributed by atoms with Crippen molar-refractivity contribution in [2.75, 3.05) is 18.0 Å². The second-order valence-corrected chi connectivity index (χ2v) is 6.06. The number of piperidine rings is 1. The Balaban J connectivity index is 2.24. The van der Waals surface area contributed by atoms with Crippen LogP contribution in [-0.4, -0.2) is 22.9 Å². The number of hydrogen-bond acceptors (Lipinski definition) is 2. The van der Waals surface area contributed by atoms with Crippen LogP contribution in [0.3, 0.4) is 0 Å². The lowest BCUT2D eigenvalue weighted by Crippen LogP contribution is -2.38. The van der Waals surface area contributed by atoms with Gasteiger partial charge in [-0.05, 0) is 25.2 Å². The molecule has 1 aromatic heterocycles. The molecule has 1 aliphatic rings. The highest BCUT2D eigenvalue weighted by molar-refractivity contribution is 6.17. The lowest BCUT2D eigenvalue weighted by Gasteiger charge is -2.38.